The lowest BCUT2D eigenvalue weighted by Crippen LogP contribution is -2.24. The van der Waals surface area contributed by atoms with Crippen LogP contribution in [0.2, 0.25) is 0 Å². The van der Waals surface area contributed by atoms with Gasteiger partial charge in [-0.25, -0.2) is 4.79 Å². The Morgan fingerprint density at radius 2 is 1.49 bits per heavy atom. The number of benzene rings is 3. The molecule has 0 saturated heterocycles. The van der Waals surface area contributed by atoms with E-state index in [9.17, 15) is 14.7 Å². The highest BCUT2D eigenvalue weighted by Crippen LogP contribution is 2.34. The molecule has 1 aliphatic rings. The van der Waals surface area contributed by atoms with E-state index in [0.29, 0.717) is 25.4 Å². The van der Waals surface area contributed by atoms with Crippen LogP contribution in [0.4, 0.5) is 0 Å². The molecule has 0 aromatic heterocycles. The molecule has 0 atom stereocenters. The van der Waals surface area contributed by atoms with E-state index in [1.165, 1.54) is 37.7 Å². The summed E-state index contributed by atoms with van der Waals surface area (Å²) in [6.07, 6.45) is 8.08. The maximum atomic E-state index is 11.2. The van der Waals surface area contributed by atoms with E-state index >= 15 is 0 Å². The van der Waals surface area contributed by atoms with Gasteiger partial charge in [-0.1, -0.05) is 55.7 Å². The van der Waals surface area contributed by atoms with Crippen LogP contribution >= 0.6 is 12.4 Å². The zero-order chi connectivity index (χ0) is 26.7. The first-order chi connectivity index (χ1) is 18.5. The summed E-state index contributed by atoms with van der Waals surface area (Å²) < 4.78 is 6.18. The van der Waals surface area contributed by atoms with Gasteiger partial charge in [0, 0.05) is 19.5 Å². The summed E-state index contributed by atoms with van der Waals surface area (Å²) in [5, 5.41) is 18.2. The number of rotatable bonds is 13. The van der Waals surface area contributed by atoms with Gasteiger partial charge in [0.2, 0.25) is 0 Å². The Hall–Kier alpha value is -3.35. The molecule has 3 aromatic rings. The number of ether oxygens (including phenoxy) is 1. The van der Waals surface area contributed by atoms with Gasteiger partial charge in [0.25, 0.3) is 0 Å². The molecule has 7 heteroatoms. The average Bonchev–Trinajstić information content (AvgIpc) is 2.92. The third-order valence-electron chi connectivity index (χ3n) is 7.22. The zero-order valence-corrected chi connectivity index (χ0v) is 23.1. The van der Waals surface area contributed by atoms with E-state index < -0.39 is 11.9 Å². The standard InChI is InChI=1S/C32H37NO5.ClH/c34-31(35)11-4-5-20-33(22-24-12-14-28(15-13-24)32(36)37)23-25-7-6-10-30(21-25)38-29-18-16-27(17-19-29)26-8-2-1-3-9-26;/h6-7,10,12-19,21,26H,1-5,8-9,11,20,22-23H2,(H,34,35)(H,36,37);1H. The van der Waals surface area contributed by atoms with Crippen LogP contribution in [-0.4, -0.2) is 33.6 Å². The number of halogens is 1. The van der Waals surface area contributed by atoms with E-state index in [2.05, 4.69) is 35.2 Å². The molecule has 0 unspecified atom stereocenters. The minimum atomic E-state index is -0.942. The van der Waals surface area contributed by atoms with Gasteiger partial charge < -0.3 is 14.9 Å². The highest BCUT2D eigenvalue weighted by Gasteiger charge is 2.15. The van der Waals surface area contributed by atoms with Crippen LogP contribution in [0.1, 0.15) is 84.3 Å². The molecule has 0 radical (unpaired) electrons. The van der Waals surface area contributed by atoms with Gasteiger partial charge in [0.05, 0.1) is 5.56 Å². The maximum absolute atomic E-state index is 11.2. The highest BCUT2D eigenvalue weighted by atomic mass is 35.5. The van der Waals surface area contributed by atoms with Gasteiger partial charge in [-0.3, -0.25) is 9.69 Å². The molecule has 1 aliphatic carbocycles. The Bertz CT molecular complexity index is 1190. The van der Waals surface area contributed by atoms with Crippen molar-refractivity contribution < 1.29 is 24.5 Å². The lowest BCUT2D eigenvalue weighted by molar-refractivity contribution is -0.137. The topological polar surface area (TPSA) is 87.1 Å². The molecule has 6 nitrogen and oxygen atoms in total. The summed E-state index contributed by atoms with van der Waals surface area (Å²) in [7, 11) is 0. The number of nitrogens with zero attached hydrogens (tertiary/aromatic N) is 1. The second-order valence-electron chi connectivity index (χ2n) is 10.2. The third-order valence-corrected chi connectivity index (χ3v) is 7.22. The molecular weight excluding hydrogens is 514 g/mol. The van der Waals surface area contributed by atoms with Gasteiger partial charge in [-0.15, -0.1) is 12.4 Å². The molecular formula is C32H38ClNO5. The van der Waals surface area contributed by atoms with E-state index in [0.717, 1.165) is 35.6 Å². The third kappa shape index (κ3) is 9.72. The summed E-state index contributed by atoms with van der Waals surface area (Å²) >= 11 is 0. The van der Waals surface area contributed by atoms with Crippen molar-refractivity contribution in [3.05, 3.63) is 95.1 Å². The second kappa shape index (κ2) is 15.3. The molecule has 1 fully saturated rings. The molecule has 0 spiro atoms. The number of carboxylic acids is 2. The molecule has 0 bridgehead atoms. The molecule has 2 N–H and O–H groups in total. The fourth-order valence-corrected chi connectivity index (χ4v) is 5.18. The summed E-state index contributed by atoms with van der Waals surface area (Å²) in [4.78, 5) is 24.4. The van der Waals surface area contributed by atoms with Gasteiger partial charge in [-0.2, -0.15) is 0 Å². The van der Waals surface area contributed by atoms with Gasteiger partial charge in [0.15, 0.2) is 0 Å². The Morgan fingerprint density at radius 3 is 2.15 bits per heavy atom. The number of carboxylic acid groups (broad SMARTS) is 2. The van der Waals surface area contributed by atoms with Crippen LogP contribution in [0.25, 0.3) is 0 Å². The van der Waals surface area contributed by atoms with Crippen LogP contribution in [0.15, 0.2) is 72.8 Å². The predicted octanol–water partition coefficient (Wildman–Crippen LogP) is 7.90. The zero-order valence-electron chi connectivity index (χ0n) is 22.3. The summed E-state index contributed by atoms with van der Waals surface area (Å²) in [6, 6.07) is 23.5. The number of aromatic carboxylic acids is 1. The Balaban J connectivity index is 0.00000420. The first-order valence-electron chi connectivity index (χ1n) is 13.6. The van der Waals surface area contributed by atoms with Crippen molar-refractivity contribution in [2.75, 3.05) is 6.54 Å². The molecule has 1 saturated carbocycles. The molecule has 0 heterocycles. The Kier molecular flexibility index (Phi) is 11.8. The Labute approximate surface area is 237 Å². The fraction of sp³-hybridized carbons (Fsp3) is 0.375. The normalized spacial score (nSPS) is 13.6. The summed E-state index contributed by atoms with van der Waals surface area (Å²) in [6.45, 7) is 2.05. The van der Waals surface area contributed by atoms with E-state index in [-0.39, 0.29) is 24.4 Å². The minimum Gasteiger partial charge on any atom is -0.481 e. The SMILES string of the molecule is Cl.O=C(O)CCCCN(Cc1ccc(C(=O)O)cc1)Cc1cccc(Oc2ccc(C3CCCCC3)cc2)c1. The monoisotopic (exact) mass is 551 g/mol. The highest BCUT2D eigenvalue weighted by molar-refractivity contribution is 5.87. The molecule has 0 amide bonds. The molecule has 208 valence electrons. The van der Waals surface area contributed by atoms with Gasteiger partial charge >= 0.3 is 11.9 Å². The van der Waals surface area contributed by atoms with Crippen LogP contribution in [-0.2, 0) is 17.9 Å². The van der Waals surface area contributed by atoms with E-state index in [1.807, 2.05) is 30.3 Å². The molecule has 3 aromatic carbocycles. The van der Waals surface area contributed by atoms with Gasteiger partial charge in [0.1, 0.15) is 11.5 Å². The van der Waals surface area contributed by atoms with Crippen LogP contribution in [0.5, 0.6) is 11.5 Å². The van der Waals surface area contributed by atoms with Crippen molar-refractivity contribution in [1.29, 1.82) is 0 Å². The van der Waals surface area contributed by atoms with Crippen molar-refractivity contribution in [3.63, 3.8) is 0 Å². The van der Waals surface area contributed by atoms with Gasteiger partial charge in [-0.05, 0) is 91.2 Å². The van der Waals surface area contributed by atoms with Crippen molar-refractivity contribution >= 4 is 24.3 Å². The first-order valence-corrected chi connectivity index (χ1v) is 13.6. The number of hydrogen-bond acceptors (Lipinski definition) is 4. The van der Waals surface area contributed by atoms with Crippen molar-refractivity contribution in [3.8, 4) is 11.5 Å². The number of hydrogen-bond donors (Lipinski definition) is 2. The number of unbranched alkanes of at least 4 members (excludes halogenated alkanes) is 1. The van der Waals surface area contributed by atoms with Crippen LogP contribution in [0.3, 0.4) is 0 Å². The lowest BCUT2D eigenvalue weighted by Gasteiger charge is -2.23. The summed E-state index contributed by atoms with van der Waals surface area (Å²) in [5.41, 5.74) is 3.78. The molecule has 4 rings (SSSR count). The van der Waals surface area contributed by atoms with Crippen molar-refractivity contribution in [1.82, 2.24) is 4.90 Å². The van der Waals surface area contributed by atoms with E-state index in [4.69, 9.17) is 9.84 Å². The summed E-state index contributed by atoms with van der Waals surface area (Å²) in [5.74, 6) is 0.554. The average molecular weight is 552 g/mol. The lowest BCUT2D eigenvalue weighted by atomic mass is 9.84. The second-order valence-corrected chi connectivity index (χ2v) is 10.2. The number of aliphatic carboxylic acids is 1. The minimum absolute atomic E-state index is 0. The van der Waals surface area contributed by atoms with Crippen molar-refractivity contribution in [2.45, 2.75) is 70.4 Å². The van der Waals surface area contributed by atoms with Crippen molar-refractivity contribution in [2.24, 2.45) is 0 Å². The first kappa shape index (κ1) is 30.2. The quantitative estimate of drug-likeness (QED) is 0.210. The maximum Gasteiger partial charge on any atom is 0.335 e. The smallest absolute Gasteiger partial charge is 0.335 e. The molecule has 39 heavy (non-hydrogen) atoms. The van der Waals surface area contributed by atoms with Crippen LogP contribution in [0, 0.1) is 0 Å². The Morgan fingerprint density at radius 1 is 0.795 bits per heavy atom. The molecule has 0 aliphatic heterocycles. The van der Waals surface area contributed by atoms with Crippen LogP contribution < -0.4 is 4.74 Å². The predicted molar refractivity (Wildman–Crippen MR) is 155 cm³/mol. The fourth-order valence-electron chi connectivity index (χ4n) is 5.18. The number of carbonyl (C=O) groups is 2. The largest absolute Gasteiger partial charge is 0.481 e. The van der Waals surface area contributed by atoms with E-state index in [1.54, 1.807) is 12.1 Å².